The molecule has 0 radical (unpaired) electrons. The minimum atomic E-state index is -3.92. The van der Waals surface area contributed by atoms with Gasteiger partial charge < -0.3 is 5.32 Å². The quantitative estimate of drug-likeness (QED) is 0.826. The zero-order chi connectivity index (χ0) is 20.3. The third kappa shape index (κ3) is 4.39. The number of sulfonamides is 1. The van der Waals surface area contributed by atoms with E-state index in [9.17, 15) is 22.0 Å². The largest absolute Gasteiger partial charge is 0.349 e. The van der Waals surface area contributed by atoms with Crippen molar-refractivity contribution in [3.8, 4) is 0 Å². The van der Waals surface area contributed by atoms with Crippen LogP contribution in [-0.4, -0.2) is 31.7 Å². The Morgan fingerprint density at radius 2 is 1.71 bits per heavy atom. The first-order chi connectivity index (χ1) is 13.3. The fourth-order valence-electron chi connectivity index (χ4n) is 3.30. The molecule has 1 N–H and O–H groups in total. The Hall–Kier alpha value is -2.32. The van der Waals surface area contributed by atoms with Crippen molar-refractivity contribution in [3.05, 3.63) is 65.7 Å². The van der Waals surface area contributed by atoms with Crippen molar-refractivity contribution in [1.29, 1.82) is 0 Å². The molecule has 0 spiro atoms. The monoisotopic (exact) mass is 408 g/mol. The number of nitrogens with one attached hydrogen (secondary N) is 1. The molecule has 3 rings (SSSR count). The van der Waals surface area contributed by atoms with Gasteiger partial charge in [0.25, 0.3) is 0 Å². The summed E-state index contributed by atoms with van der Waals surface area (Å²) in [5.41, 5.74) is 0.995. The molecule has 2 aromatic rings. The van der Waals surface area contributed by atoms with Gasteiger partial charge in [-0.25, -0.2) is 17.2 Å². The molecule has 8 heteroatoms. The Labute approximate surface area is 163 Å². The first-order valence-electron chi connectivity index (χ1n) is 9.09. The van der Waals surface area contributed by atoms with E-state index < -0.39 is 21.7 Å². The van der Waals surface area contributed by atoms with Gasteiger partial charge in [0.15, 0.2) is 11.6 Å². The minimum Gasteiger partial charge on any atom is -0.349 e. The number of halogens is 2. The van der Waals surface area contributed by atoms with Gasteiger partial charge >= 0.3 is 0 Å². The molecular formula is C20H22F2N2O3S. The summed E-state index contributed by atoms with van der Waals surface area (Å²) in [5, 5.41) is 2.97. The maximum atomic E-state index is 13.4. The predicted molar refractivity (Wildman–Crippen MR) is 101 cm³/mol. The van der Waals surface area contributed by atoms with E-state index in [-0.39, 0.29) is 35.9 Å². The number of hydrogen-bond acceptors (Lipinski definition) is 3. The molecule has 2 aromatic carbocycles. The SMILES string of the molecule is C[C@@H](NC(=O)C1CCN(S(=O)(=O)c2ccc(F)c(F)c2)CC1)c1ccccc1. The van der Waals surface area contributed by atoms with Crippen LogP contribution in [0.15, 0.2) is 53.4 Å². The predicted octanol–water partition coefficient (Wildman–Crippen LogP) is 3.24. The summed E-state index contributed by atoms with van der Waals surface area (Å²) in [5.74, 6) is -2.70. The number of amides is 1. The molecular weight excluding hydrogens is 386 g/mol. The van der Waals surface area contributed by atoms with E-state index in [1.807, 2.05) is 37.3 Å². The first-order valence-corrected chi connectivity index (χ1v) is 10.5. The van der Waals surface area contributed by atoms with Gasteiger partial charge in [0, 0.05) is 19.0 Å². The maximum Gasteiger partial charge on any atom is 0.243 e. The molecule has 1 heterocycles. The molecule has 0 aliphatic carbocycles. The second-order valence-corrected chi connectivity index (χ2v) is 8.83. The molecule has 0 bridgehead atoms. The van der Waals surface area contributed by atoms with Gasteiger partial charge in [-0.2, -0.15) is 4.31 Å². The van der Waals surface area contributed by atoms with Gasteiger partial charge in [0.2, 0.25) is 15.9 Å². The number of rotatable bonds is 5. The lowest BCUT2D eigenvalue weighted by atomic mass is 9.96. The summed E-state index contributed by atoms with van der Waals surface area (Å²) >= 11 is 0. The number of carbonyl (C=O) groups is 1. The van der Waals surface area contributed by atoms with Crippen LogP contribution in [0.1, 0.15) is 31.4 Å². The second-order valence-electron chi connectivity index (χ2n) is 6.90. The average molecular weight is 408 g/mol. The van der Waals surface area contributed by atoms with E-state index in [4.69, 9.17) is 0 Å². The molecule has 5 nitrogen and oxygen atoms in total. The van der Waals surface area contributed by atoms with Crippen LogP contribution < -0.4 is 5.32 Å². The van der Waals surface area contributed by atoms with Crippen LogP contribution in [0.25, 0.3) is 0 Å². The molecule has 1 atom stereocenters. The van der Waals surface area contributed by atoms with Crippen LogP contribution in [0.2, 0.25) is 0 Å². The molecule has 0 aromatic heterocycles. The van der Waals surface area contributed by atoms with E-state index in [0.29, 0.717) is 18.9 Å². The molecule has 28 heavy (non-hydrogen) atoms. The zero-order valence-electron chi connectivity index (χ0n) is 15.4. The average Bonchev–Trinajstić information content (AvgIpc) is 2.70. The summed E-state index contributed by atoms with van der Waals surface area (Å²) in [6.07, 6.45) is 0.743. The highest BCUT2D eigenvalue weighted by Gasteiger charge is 2.32. The summed E-state index contributed by atoms with van der Waals surface area (Å²) in [7, 11) is -3.92. The lowest BCUT2D eigenvalue weighted by Crippen LogP contribution is -2.43. The van der Waals surface area contributed by atoms with Gasteiger partial charge in [-0.1, -0.05) is 30.3 Å². The van der Waals surface area contributed by atoms with Gasteiger partial charge in [0.05, 0.1) is 10.9 Å². The first kappa shape index (κ1) is 20.4. The number of piperidine rings is 1. The highest BCUT2D eigenvalue weighted by atomic mass is 32.2. The standard InChI is InChI=1S/C20H22F2N2O3S/c1-14(15-5-3-2-4-6-15)23-20(25)16-9-11-24(12-10-16)28(26,27)17-7-8-18(21)19(22)13-17/h2-8,13-14,16H,9-12H2,1H3,(H,23,25)/t14-/m1/s1. The van der Waals surface area contributed by atoms with Crippen molar-refractivity contribution in [3.63, 3.8) is 0 Å². The Kier molecular flexibility index (Phi) is 6.10. The fourth-order valence-corrected chi connectivity index (χ4v) is 4.78. The minimum absolute atomic E-state index is 0.110. The van der Waals surface area contributed by atoms with Gasteiger partial charge in [-0.05, 0) is 43.5 Å². The van der Waals surface area contributed by atoms with Crippen LogP contribution >= 0.6 is 0 Å². The Morgan fingerprint density at radius 1 is 1.07 bits per heavy atom. The molecule has 1 aliphatic rings. The summed E-state index contributed by atoms with van der Waals surface area (Å²) < 4.78 is 52.9. The number of hydrogen-bond donors (Lipinski definition) is 1. The van der Waals surface area contributed by atoms with E-state index in [2.05, 4.69) is 5.32 Å². The van der Waals surface area contributed by atoms with Gasteiger partial charge in [-0.15, -0.1) is 0 Å². The lowest BCUT2D eigenvalue weighted by molar-refractivity contribution is -0.126. The van der Waals surface area contributed by atoms with E-state index in [1.165, 1.54) is 4.31 Å². The van der Waals surface area contributed by atoms with Crippen LogP contribution in [0.3, 0.4) is 0 Å². The Balaban J connectivity index is 1.60. The Morgan fingerprint density at radius 3 is 2.32 bits per heavy atom. The second kappa shape index (κ2) is 8.36. The summed E-state index contributed by atoms with van der Waals surface area (Å²) in [6.45, 7) is 2.20. The van der Waals surface area contributed by atoms with Crippen molar-refractivity contribution in [2.24, 2.45) is 5.92 Å². The van der Waals surface area contributed by atoms with E-state index in [1.54, 1.807) is 0 Å². The van der Waals surface area contributed by atoms with Gasteiger partial charge in [-0.3, -0.25) is 4.79 Å². The topological polar surface area (TPSA) is 66.5 Å². The highest BCUT2D eigenvalue weighted by molar-refractivity contribution is 7.89. The molecule has 0 unspecified atom stereocenters. The normalized spacial score (nSPS) is 17.2. The van der Waals surface area contributed by atoms with Crippen molar-refractivity contribution in [1.82, 2.24) is 9.62 Å². The zero-order valence-corrected chi connectivity index (χ0v) is 16.3. The highest BCUT2D eigenvalue weighted by Crippen LogP contribution is 2.25. The molecule has 1 aliphatic heterocycles. The smallest absolute Gasteiger partial charge is 0.243 e. The molecule has 1 fully saturated rings. The number of benzene rings is 2. The van der Waals surface area contributed by atoms with Crippen molar-refractivity contribution in [2.75, 3.05) is 13.1 Å². The van der Waals surface area contributed by atoms with Crippen LogP contribution in [-0.2, 0) is 14.8 Å². The summed E-state index contributed by atoms with van der Waals surface area (Å²) in [6, 6.07) is 12.0. The van der Waals surface area contributed by atoms with Crippen LogP contribution in [0, 0.1) is 17.6 Å². The lowest BCUT2D eigenvalue weighted by Gasteiger charge is -2.31. The van der Waals surface area contributed by atoms with Crippen molar-refractivity contribution < 1.29 is 22.0 Å². The van der Waals surface area contributed by atoms with Crippen molar-refractivity contribution in [2.45, 2.75) is 30.7 Å². The summed E-state index contributed by atoms with van der Waals surface area (Å²) in [4.78, 5) is 12.2. The molecule has 150 valence electrons. The third-order valence-electron chi connectivity index (χ3n) is 5.01. The number of nitrogens with zero attached hydrogens (tertiary/aromatic N) is 1. The van der Waals surface area contributed by atoms with Crippen molar-refractivity contribution >= 4 is 15.9 Å². The Bertz CT molecular complexity index is 943. The van der Waals surface area contributed by atoms with E-state index >= 15 is 0 Å². The number of carbonyl (C=O) groups excluding carboxylic acids is 1. The van der Waals surface area contributed by atoms with E-state index in [0.717, 1.165) is 17.7 Å². The molecule has 1 saturated heterocycles. The molecule has 0 saturated carbocycles. The fraction of sp³-hybridized carbons (Fsp3) is 0.350. The maximum absolute atomic E-state index is 13.4. The van der Waals surface area contributed by atoms with Crippen LogP contribution in [0.5, 0.6) is 0 Å². The molecule has 1 amide bonds. The van der Waals surface area contributed by atoms with Gasteiger partial charge in [0.1, 0.15) is 0 Å². The third-order valence-corrected chi connectivity index (χ3v) is 6.91. The van der Waals surface area contributed by atoms with Crippen LogP contribution in [0.4, 0.5) is 8.78 Å².